The minimum atomic E-state index is 0. The van der Waals surface area contributed by atoms with Gasteiger partial charge in [0.25, 0.3) is 0 Å². The maximum absolute atomic E-state index is 0. The van der Waals surface area contributed by atoms with Crippen molar-refractivity contribution in [3.63, 3.8) is 0 Å². The molecule has 0 saturated heterocycles. The fourth-order valence-corrected chi connectivity index (χ4v) is 0. The minimum absolute atomic E-state index is 0. The topological polar surface area (TPSA) is 0 Å². The van der Waals surface area contributed by atoms with Crippen LogP contribution < -0.4 is 0 Å². The van der Waals surface area contributed by atoms with Crippen LogP contribution in [0.25, 0.3) is 0 Å². The summed E-state index contributed by atoms with van der Waals surface area (Å²) in [4.78, 5) is 0. The summed E-state index contributed by atoms with van der Waals surface area (Å²) in [7, 11) is 0. The van der Waals surface area contributed by atoms with Gasteiger partial charge in [0.15, 0.2) is 0 Å². The van der Waals surface area contributed by atoms with Crippen molar-refractivity contribution < 1.29 is 128 Å². The smallest absolute Gasteiger partial charge is 3.00 e. The average Bonchev–Trinajstić information content (AvgIpc) is 0. The third-order valence-electron chi connectivity index (χ3n) is 0. The first-order chi connectivity index (χ1) is 0. The first kappa shape index (κ1) is 187. The van der Waals surface area contributed by atoms with Crippen LogP contribution in [0.5, 0.6) is 0 Å². The standard InChI is InChI=1S/3Mo.10P.3Ti/q;;;10*-3;3*+4. The van der Waals surface area contributed by atoms with E-state index in [-0.39, 0.29) is 227 Å². The molecule has 0 nitrogen and oxygen atoms in total. The molecule has 0 heterocycles. The van der Waals surface area contributed by atoms with Crippen molar-refractivity contribution in [2.24, 2.45) is 0 Å². The van der Waals surface area contributed by atoms with Gasteiger partial charge in [-0.15, -0.1) is 0 Å². The molecule has 0 aromatic heterocycles. The maximum atomic E-state index is 0. The quantitative estimate of drug-likeness (QED) is 0.173. The second-order valence-electron chi connectivity index (χ2n) is 0. The molecule has 16 heavy (non-hydrogen) atoms. The van der Waals surface area contributed by atoms with Gasteiger partial charge in [0.2, 0.25) is 0 Å². The van der Waals surface area contributed by atoms with Crippen LogP contribution in [0.2, 0.25) is 0 Å². The van der Waals surface area contributed by atoms with Crippen LogP contribution in [-0.4, -0.2) is 0 Å². The fourth-order valence-electron chi connectivity index (χ4n) is 0. The molecule has 0 radical (unpaired) electrons. The first-order valence-corrected chi connectivity index (χ1v) is 0. The van der Waals surface area contributed by atoms with E-state index in [9.17, 15) is 0 Å². The van der Waals surface area contributed by atoms with Crippen molar-refractivity contribution in [2.45, 2.75) is 0 Å². The minimum Gasteiger partial charge on any atom is -3.00 e. The Bertz CT molecular complexity index is 21.3. The molecule has 0 aliphatic carbocycles. The van der Waals surface area contributed by atoms with Crippen molar-refractivity contribution in [2.75, 3.05) is 0 Å². The zero-order chi connectivity index (χ0) is 0. The molecule has 0 fully saturated rings. The van der Waals surface area contributed by atoms with Gasteiger partial charge in [0.1, 0.15) is 0 Å². The molecule has 0 bridgehead atoms. The van der Waals surface area contributed by atoms with Gasteiger partial charge in [-0.25, -0.2) is 0 Å². The summed E-state index contributed by atoms with van der Waals surface area (Å²) in [5, 5.41) is 0. The van der Waals surface area contributed by atoms with Crippen LogP contribution in [0.4, 0.5) is 0 Å². The average molecular weight is 741 g/mol. The Hall–Kier alpha value is 8.51. The monoisotopic (exact) mass is 747 g/mol. The molecule has 0 unspecified atom stereocenters. The van der Waals surface area contributed by atoms with Gasteiger partial charge in [-0.1, -0.05) is 0 Å². The van der Waals surface area contributed by atoms with Crippen LogP contribution in [0.1, 0.15) is 0 Å². The predicted octanol–water partition coefficient (Wildman–Crippen LogP) is 8.60. The van der Waals surface area contributed by atoms with Crippen molar-refractivity contribution in [1.82, 2.24) is 0 Å². The Morgan fingerprint density at radius 1 is 0.188 bits per heavy atom. The Kier molecular flexibility index (Phi) is 1920. The zero-order valence-electron chi connectivity index (χ0n) is 7.20. The fraction of sp³-hybridized carbons (Fsp3) is 0. The molecule has 0 saturated carbocycles. The third-order valence-corrected chi connectivity index (χ3v) is 0. The van der Waals surface area contributed by atoms with Gasteiger partial charge in [-0.3, -0.25) is 0 Å². The van der Waals surface area contributed by atoms with Gasteiger partial charge in [-0.05, 0) is 0 Å². The van der Waals surface area contributed by atoms with E-state index in [1.807, 2.05) is 0 Å². The van der Waals surface area contributed by atoms with Gasteiger partial charge >= 0.3 is 65.2 Å². The second kappa shape index (κ2) is 165. The summed E-state index contributed by atoms with van der Waals surface area (Å²) in [6.07, 6.45) is 0. The van der Waals surface area contributed by atoms with E-state index in [0.29, 0.717) is 0 Å². The summed E-state index contributed by atoms with van der Waals surface area (Å²) in [5.41, 5.74) is 0. The van der Waals surface area contributed by atoms with Crippen LogP contribution >= 0.6 is 99.0 Å². The summed E-state index contributed by atoms with van der Waals surface area (Å²) < 4.78 is 0. The molecular weight excluding hydrogens is 741 g/mol. The number of hydrogen-bond acceptors (Lipinski definition) is 0. The van der Waals surface area contributed by atoms with Crippen LogP contribution in [0.15, 0.2) is 0 Å². The molecule has 0 rings (SSSR count). The predicted molar refractivity (Wildman–Crippen MR) is 69.2 cm³/mol. The van der Waals surface area contributed by atoms with E-state index >= 15 is 0 Å². The maximum Gasteiger partial charge on any atom is 4.00 e. The Morgan fingerprint density at radius 2 is 0.188 bits per heavy atom. The van der Waals surface area contributed by atoms with Gasteiger partial charge in [0, 0.05) is 63.2 Å². The van der Waals surface area contributed by atoms with Crippen LogP contribution in [0, 0.1) is 0 Å². The molecular formula is Mo3P10Ti3-18. The molecule has 16 heteroatoms. The van der Waals surface area contributed by atoms with E-state index in [2.05, 4.69) is 0 Å². The van der Waals surface area contributed by atoms with E-state index in [1.165, 1.54) is 0 Å². The molecule has 0 amide bonds. The summed E-state index contributed by atoms with van der Waals surface area (Å²) in [5.74, 6) is 0. The van der Waals surface area contributed by atoms with Crippen molar-refractivity contribution in [3.8, 4) is 0 Å². The summed E-state index contributed by atoms with van der Waals surface area (Å²) in [6, 6.07) is 0. The molecule has 98 valence electrons. The molecule has 0 spiro atoms. The molecule has 0 aromatic carbocycles. The van der Waals surface area contributed by atoms with Crippen LogP contribution in [-0.2, 0) is 128 Å². The van der Waals surface area contributed by atoms with E-state index in [0.717, 1.165) is 0 Å². The number of rotatable bonds is 0. The van der Waals surface area contributed by atoms with Crippen LogP contribution in [0.3, 0.4) is 0 Å². The second-order valence-corrected chi connectivity index (χ2v) is 0. The largest absolute Gasteiger partial charge is 4.00 e. The zero-order valence-corrected chi connectivity index (χ0v) is 26.8. The Balaban J connectivity index is 0. The SMILES string of the molecule is [Mo].[Mo].[Mo].[P-3].[P-3].[P-3].[P-3].[P-3].[P-3].[P-3].[P-3].[P-3].[P-3].[Ti+4].[Ti+4].[Ti+4]. The molecule has 0 aliphatic rings. The Labute approximate surface area is 223 Å². The summed E-state index contributed by atoms with van der Waals surface area (Å²) in [6.45, 7) is 0. The van der Waals surface area contributed by atoms with Gasteiger partial charge < -0.3 is 99.0 Å². The first-order valence-electron chi connectivity index (χ1n) is 0. The molecule has 0 aromatic rings. The van der Waals surface area contributed by atoms with Crippen molar-refractivity contribution in [3.05, 3.63) is 0 Å². The molecule has 0 atom stereocenters. The van der Waals surface area contributed by atoms with E-state index < -0.39 is 0 Å². The normalized spacial score (nSPS) is 0. The van der Waals surface area contributed by atoms with Crippen molar-refractivity contribution in [1.29, 1.82) is 0 Å². The van der Waals surface area contributed by atoms with E-state index in [1.54, 1.807) is 0 Å². The third kappa shape index (κ3) is 144. The molecule has 0 aliphatic heterocycles. The Morgan fingerprint density at radius 3 is 0.188 bits per heavy atom. The van der Waals surface area contributed by atoms with E-state index in [4.69, 9.17) is 0 Å². The molecule has 0 N–H and O–H groups in total. The van der Waals surface area contributed by atoms with Crippen molar-refractivity contribution >= 4 is 99.0 Å². The van der Waals surface area contributed by atoms with Gasteiger partial charge in [-0.2, -0.15) is 0 Å². The summed E-state index contributed by atoms with van der Waals surface area (Å²) >= 11 is 0. The number of hydrogen-bond donors (Lipinski definition) is 0. The van der Waals surface area contributed by atoms with Gasteiger partial charge in [0.05, 0.1) is 0 Å².